The molecule has 1 aliphatic carbocycles. The van der Waals surface area contributed by atoms with Crippen LogP contribution in [0, 0.1) is 17.8 Å². The number of pyridine rings is 1. The van der Waals surface area contributed by atoms with Crippen molar-refractivity contribution in [1.82, 2.24) is 4.98 Å². The molecule has 118 valence electrons. The molecule has 2 atom stereocenters. The van der Waals surface area contributed by atoms with E-state index in [4.69, 9.17) is 10.5 Å². The lowest BCUT2D eigenvalue weighted by atomic mass is 9.80. The van der Waals surface area contributed by atoms with E-state index < -0.39 is 0 Å². The number of rotatable bonds is 5. The Morgan fingerprint density at radius 2 is 1.90 bits per heavy atom. The van der Waals surface area contributed by atoms with Crippen LogP contribution in [0.5, 0.6) is 5.88 Å². The largest absolute Gasteiger partial charge is 0.476 e. The zero-order valence-electron chi connectivity index (χ0n) is 13.7. The summed E-state index contributed by atoms with van der Waals surface area (Å²) in [5.74, 6) is 3.43. The standard InChI is InChI=1S/C17H29N3O/c1-11(2)10-21-17-15(18)5-6-16(20-17)19-14-8-12(3)7-13(4)9-14/h5-6,11-14H,7-10,18H2,1-4H3,(H,19,20). The minimum absolute atomic E-state index is 0.461. The highest BCUT2D eigenvalue weighted by Gasteiger charge is 2.24. The maximum Gasteiger partial charge on any atom is 0.239 e. The lowest BCUT2D eigenvalue weighted by Gasteiger charge is -2.32. The molecule has 0 bridgehead atoms. The molecule has 0 aliphatic heterocycles. The molecule has 0 spiro atoms. The van der Waals surface area contributed by atoms with Gasteiger partial charge in [0.2, 0.25) is 5.88 Å². The number of anilines is 2. The maximum absolute atomic E-state index is 5.94. The number of hydrogen-bond acceptors (Lipinski definition) is 4. The predicted octanol–water partition coefficient (Wildman–Crippen LogP) is 3.94. The fourth-order valence-electron chi connectivity index (χ4n) is 3.17. The Hall–Kier alpha value is -1.45. The zero-order chi connectivity index (χ0) is 15.4. The minimum Gasteiger partial charge on any atom is -0.476 e. The normalized spacial score (nSPS) is 25.9. The summed E-state index contributed by atoms with van der Waals surface area (Å²) in [5.41, 5.74) is 6.54. The fraction of sp³-hybridized carbons (Fsp3) is 0.706. The molecule has 3 N–H and O–H groups in total. The third kappa shape index (κ3) is 4.80. The molecule has 2 unspecified atom stereocenters. The lowest BCUT2D eigenvalue weighted by molar-refractivity contribution is 0.262. The van der Waals surface area contributed by atoms with Crippen molar-refractivity contribution < 1.29 is 4.74 Å². The van der Waals surface area contributed by atoms with Gasteiger partial charge in [0, 0.05) is 6.04 Å². The number of nitrogen functional groups attached to an aromatic ring is 1. The van der Waals surface area contributed by atoms with Gasteiger partial charge in [-0.25, -0.2) is 0 Å². The van der Waals surface area contributed by atoms with Crippen LogP contribution in [0.1, 0.15) is 47.0 Å². The minimum atomic E-state index is 0.461. The third-order valence-electron chi connectivity index (χ3n) is 3.97. The Kier molecular flexibility index (Phi) is 5.32. The van der Waals surface area contributed by atoms with Gasteiger partial charge in [0.25, 0.3) is 0 Å². The maximum atomic E-state index is 5.94. The number of nitrogens with two attached hydrogens (primary N) is 1. The van der Waals surface area contributed by atoms with Gasteiger partial charge in [-0.15, -0.1) is 0 Å². The molecule has 1 aliphatic rings. The number of nitrogens with zero attached hydrogens (tertiary/aromatic N) is 1. The first-order valence-electron chi connectivity index (χ1n) is 8.10. The van der Waals surface area contributed by atoms with Gasteiger partial charge in [0.1, 0.15) is 5.82 Å². The van der Waals surface area contributed by atoms with Crippen molar-refractivity contribution in [3.05, 3.63) is 12.1 Å². The quantitative estimate of drug-likeness (QED) is 0.862. The van der Waals surface area contributed by atoms with Crippen molar-refractivity contribution >= 4 is 11.5 Å². The van der Waals surface area contributed by atoms with E-state index in [9.17, 15) is 0 Å². The van der Waals surface area contributed by atoms with Gasteiger partial charge in [0.15, 0.2) is 0 Å². The monoisotopic (exact) mass is 291 g/mol. The fourth-order valence-corrected chi connectivity index (χ4v) is 3.17. The second kappa shape index (κ2) is 7.01. The average Bonchev–Trinajstić information content (AvgIpc) is 2.38. The van der Waals surface area contributed by atoms with Gasteiger partial charge in [-0.3, -0.25) is 0 Å². The van der Waals surface area contributed by atoms with Gasteiger partial charge in [-0.1, -0.05) is 27.7 Å². The summed E-state index contributed by atoms with van der Waals surface area (Å²) in [6, 6.07) is 4.32. The lowest BCUT2D eigenvalue weighted by Crippen LogP contribution is -2.30. The SMILES string of the molecule is CC(C)COc1nc(NC2CC(C)CC(C)C2)ccc1N. The van der Waals surface area contributed by atoms with Crippen LogP contribution in [-0.4, -0.2) is 17.6 Å². The van der Waals surface area contributed by atoms with E-state index in [0.717, 1.165) is 17.7 Å². The highest BCUT2D eigenvalue weighted by molar-refractivity contribution is 5.53. The summed E-state index contributed by atoms with van der Waals surface area (Å²) >= 11 is 0. The summed E-state index contributed by atoms with van der Waals surface area (Å²) in [4.78, 5) is 4.53. The summed E-state index contributed by atoms with van der Waals surface area (Å²) in [6.07, 6.45) is 3.74. The Balaban J connectivity index is 2.01. The second-order valence-corrected chi connectivity index (χ2v) is 7.05. The zero-order valence-corrected chi connectivity index (χ0v) is 13.7. The van der Waals surface area contributed by atoms with Gasteiger partial charge in [-0.2, -0.15) is 4.98 Å². The van der Waals surface area contributed by atoms with Gasteiger partial charge in [-0.05, 0) is 49.1 Å². The number of nitrogens with one attached hydrogen (secondary N) is 1. The Morgan fingerprint density at radius 3 is 2.52 bits per heavy atom. The molecule has 1 fully saturated rings. The topological polar surface area (TPSA) is 60.2 Å². The van der Waals surface area contributed by atoms with Crippen LogP contribution >= 0.6 is 0 Å². The number of ether oxygens (including phenoxy) is 1. The molecule has 1 saturated carbocycles. The highest BCUT2D eigenvalue weighted by atomic mass is 16.5. The summed E-state index contributed by atoms with van der Waals surface area (Å²) in [5, 5.41) is 3.55. The van der Waals surface area contributed by atoms with Crippen LogP contribution in [0.4, 0.5) is 11.5 Å². The van der Waals surface area contributed by atoms with E-state index in [0.29, 0.717) is 30.1 Å². The summed E-state index contributed by atoms with van der Waals surface area (Å²) in [6.45, 7) is 9.53. The molecule has 1 aromatic rings. The van der Waals surface area contributed by atoms with E-state index in [1.54, 1.807) is 0 Å². The molecular weight excluding hydrogens is 262 g/mol. The van der Waals surface area contributed by atoms with Gasteiger partial charge in [0.05, 0.1) is 12.3 Å². The summed E-state index contributed by atoms with van der Waals surface area (Å²) in [7, 11) is 0. The van der Waals surface area contributed by atoms with Crippen molar-refractivity contribution in [3.63, 3.8) is 0 Å². The predicted molar refractivity (Wildman–Crippen MR) is 88.6 cm³/mol. The first-order chi connectivity index (χ1) is 9.94. The molecule has 21 heavy (non-hydrogen) atoms. The number of aromatic nitrogens is 1. The molecule has 2 rings (SSSR count). The molecule has 0 amide bonds. The van der Waals surface area contributed by atoms with Crippen LogP contribution in [0.3, 0.4) is 0 Å². The molecule has 0 aromatic carbocycles. The Labute approximate surface area is 128 Å². The van der Waals surface area contributed by atoms with Crippen LogP contribution in [0.2, 0.25) is 0 Å². The van der Waals surface area contributed by atoms with E-state index in [-0.39, 0.29) is 0 Å². The van der Waals surface area contributed by atoms with Crippen molar-refractivity contribution in [2.24, 2.45) is 17.8 Å². The number of hydrogen-bond donors (Lipinski definition) is 2. The van der Waals surface area contributed by atoms with Crippen molar-refractivity contribution in [2.45, 2.75) is 53.0 Å². The van der Waals surface area contributed by atoms with Crippen LogP contribution in [0.15, 0.2) is 12.1 Å². The molecule has 1 aromatic heterocycles. The van der Waals surface area contributed by atoms with E-state index >= 15 is 0 Å². The smallest absolute Gasteiger partial charge is 0.239 e. The second-order valence-electron chi connectivity index (χ2n) is 7.05. The third-order valence-corrected chi connectivity index (χ3v) is 3.97. The Bertz CT molecular complexity index is 451. The Morgan fingerprint density at radius 1 is 1.24 bits per heavy atom. The van der Waals surface area contributed by atoms with E-state index in [2.05, 4.69) is 38.0 Å². The molecular formula is C17H29N3O. The van der Waals surface area contributed by atoms with Crippen molar-refractivity contribution in [2.75, 3.05) is 17.7 Å². The molecule has 1 heterocycles. The van der Waals surface area contributed by atoms with Gasteiger partial charge < -0.3 is 15.8 Å². The van der Waals surface area contributed by atoms with Crippen LogP contribution < -0.4 is 15.8 Å². The van der Waals surface area contributed by atoms with E-state index in [1.807, 2.05) is 12.1 Å². The van der Waals surface area contributed by atoms with Gasteiger partial charge >= 0.3 is 0 Å². The summed E-state index contributed by atoms with van der Waals surface area (Å²) < 4.78 is 5.69. The molecule has 0 radical (unpaired) electrons. The van der Waals surface area contributed by atoms with Crippen LogP contribution in [0.25, 0.3) is 0 Å². The van der Waals surface area contributed by atoms with E-state index in [1.165, 1.54) is 19.3 Å². The highest BCUT2D eigenvalue weighted by Crippen LogP contribution is 2.31. The van der Waals surface area contributed by atoms with Crippen LogP contribution in [-0.2, 0) is 0 Å². The molecule has 0 saturated heterocycles. The van der Waals surface area contributed by atoms with Crippen molar-refractivity contribution in [3.8, 4) is 5.88 Å². The average molecular weight is 291 g/mol. The molecule has 4 nitrogen and oxygen atoms in total. The first kappa shape index (κ1) is 15.9. The first-order valence-corrected chi connectivity index (χ1v) is 8.10. The molecule has 4 heteroatoms. The van der Waals surface area contributed by atoms with Crippen molar-refractivity contribution in [1.29, 1.82) is 0 Å².